The van der Waals surface area contributed by atoms with Crippen LogP contribution in [-0.4, -0.2) is 45.6 Å². The van der Waals surface area contributed by atoms with Crippen molar-refractivity contribution in [1.82, 2.24) is 9.62 Å². The maximum Gasteiger partial charge on any atom is 0.247 e. The van der Waals surface area contributed by atoms with Crippen molar-refractivity contribution < 1.29 is 22.3 Å². The number of para-hydroxylation sites is 1. The highest BCUT2D eigenvalue weighted by atomic mass is 32.2. The minimum Gasteiger partial charge on any atom is -0.486 e. The molecule has 0 bridgehead atoms. The SMILES string of the molecule is O=S(=O)(c1cccc2c1OCCO2)N1CCNCC1c1cccc(F)c1. The first-order chi connectivity index (χ1) is 12.6. The summed E-state index contributed by atoms with van der Waals surface area (Å²) in [5.74, 6) is 0.282. The van der Waals surface area contributed by atoms with Crippen LogP contribution in [0, 0.1) is 5.82 Å². The molecular weight excluding hydrogens is 359 g/mol. The van der Waals surface area contributed by atoms with Gasteiger partial charge >= 0.3 is 0 Å². The van der Waals surface area contributed by atoms with Crippen molar-refractivity contribution >= 4 is 10.0 Å². The molecule has 2 aromatic rings. The second-order valence-corrected chi connectivity index (χ2v) is 8.03. The zero-order valence-corrected chi connectivity index (χ0v) is 14.8. The van der Waals surface area contributed by atoms with Gasteiger partial charge in [-0.15, -0.1) is 0 Å². The van der Waals surface area contributed by atoms with Crippen molar-refractivity contribution in [3.8, 4) is 11.5 Å². The van der Waals surface area contributed by atoms with Gasteiger partial charge in [0.25, 0.3) is 0 Å². The van der Waals surface area contributed by atoms with E-state index < -0.39 is 16.1 Å². The summed E-state index contributed by atoms with van der Waals surface area (Å²) in [6, 6.07) is 10.4. The van der Waals surface area contributed by atoms with E-state index in [0.29, 0.717) is 37.6 Å². The number of benzene rings is 2. The molecule has 2 aromatic carbocycles. The van der Waals surface area contributed by atoms with Crippen LogP contribution in [0.15, 0.2) is 47.4 Å². The first kappa shape index (κ1) is 17.3. The van der Waals surface area contributed by atoms with Crippen LogP contribution in [0.3, 0.4) is 0 Å². The van der Waals surface area contributed by atoms with E-state index in [0.717, 1.165) is 0 Å². The van der Waals surface area contributed by atoms with Gasteiger partial charge in [0, 0.05) is 19.6 Å². The normalized spacial score (nSPS) is 20.7. The number of piperazine rings is 1. The van der Waals surface area contributed by atoms with Crippen molar-refractivity contribution in [2.45, 2.75) is 10.9 Å². The van der Waals surface area contributed by atoms with Crippen molar-refractivity contribution in [3.05, 3.63) is 53.8 Å². The number of nitrogens with one attached hydrogen (secondary N) is 1. The molecule has 6 nitrogen and oxygen atoms in total. The van der Waals surface area contributed by atoms with Gasteiger partial charge < -0.3 is 14.8 Å². The van der Waals surface area contributed by atoms with Crippen LogP contribution in [0.1, 0.15) is 11.6 Å². The number of halogens is 1. The fourth-order valence-corrected chi connectivity index (χ4v) is 5.11. The zero-order valence-electron chi connectivity index (χ0n) is 14.0. The molecule has 138 valence electrons. The van der Waals surface area contributed by atoms with Crippen LogP contribution in [0.4, 0.5) is 4.39 Å². The molecule has 26 heavy (non-hydrogen) atoms. The molecule has 2 aliphatic rings. The van der Waals surface area contributed by atoms with Gasteiger partial charge in [-0.2, -0.15) is 4.31 Å². The minimum absolute atomic E-state index is 0.0815. The number of fused-ring (bicyclic) bond motifs is 1. The molecule has 2 aliphatic heterocycles. The van der Waals surface area contributed by atoms with Crippen molar-refractivity contribution in [1.29, 1.82) is 0 Å². The molecule has 1 atom stereocenters. The van der Waals surface area contributed by atoms with Crippen LogP contribution in [-0.2, 0) is 10.0 Å². The topological polar surface area (TPSA) is 67.9 Å². The third-order valence-corrected chi connectivity index (χ3v) is 6.48. The van der Waals surface area contributed by atoms with Gasteiger partial charge in [-0.3, -0.25) is 0 Å². The molecule has 1 fully saturated rings. The summed E-state index contributed by atoms with van der Waals surface area (Å²) in [7, 11) is -3.85. The van der Waals surface area contributed by atoms with Crippen LogP contribution >= 0.6 is 0 Å². The first-order valence-corrected chi connectivity index (χ1v) is 9.88. The lowest BCUT2D eigenvalue weighted by Crippen LogP contribution is -2.48. The number of nitrogens with zero attached hydrogens (tertiary/aromatic N) is 1. The molecule has 0 radical (unpaired) electrons. The van der Waals surface area contributed by atoms with Gasteiger partial charge in [0.2, 0.25) is 10.0 Å². The highest BCUT2D eigenvalue weighted by molar-refractivity contribution is 7.89. The second-order valence-electron chi connectivity index (χ2n) is 6.17. The third-order valence-electron chi connectivity index (χ3n) is 4.54. The van der Waals surface area contributed by atoms with Gasteiger partial charge in [0.1, 0.15) is 23.9 Å². The molecule has 0 saturated carbocycles. The molecule has 1 saturated heterocycles. The number of hydrogen-bond donors (Lipinski definition) is 1. The van der Waals surface area contributed by atoms with E-state index in [9.17, 15) is 12.8 Å². The molecule has 0 spiro atoms. The van der Waals surface area contributed by atoms with Crippen LogP contribution in [0.25, 0.3) is 0 Å². The van der Waals surface area contributed by atoms with Gasteiger partial charge in [-0.25, -0.2) is 12.8 Å². The Bertz CT molecular complexity index is 919. The van der Waals surface area contributed by atoms with E-state index in [1.54, 1.807) is 24.3 Å². The van der Waals surface area contributed by atoms with Crippen LogP contribution < -0.4 is 14.8 Å². The smallest absolute Gasteiger partial charge is 0.247 e. The largest absolute Gasteiger partial charge is 0.486 e. The Morgan fingerprint density at radius 3 is 2.77 bits per heavy atom. The average molecular weight is 378 g/mol. The maximum absolute atomic E-state index is 13.7. The molecule has 2 heterocycles. The Morgan fingerprint density at radius 1 is 1.12 bits per heavy atom. The van der Waals surface area contributed by atoms with Gasteiger partial charge in [0.05, 0.1) is 6.04 Å². The van der Waals surface area contributed by atoms with E-state index in [-0.39, 0.29) is 23.0 Å². The Morgan fingerprint density at radius 2 is 1.92 bits per heavy atom. The van der Waals surface area contributed by atoms with Gasteiger partial charge in [-0.1, -0.05) is 18.2 Å². The Balaban J connectivity index is 1.76. The van der Waals surface area contributed by atoms with Crippen molar-refractivity contribution in [2.24, 2.45) is 0 Å². The molecule has 0 aliphatic carbocycles. The summed E-state index contributed by atoms with van der Waals surface area (Å²) >= 11 is 0. The Labute approximate surface area is 151 Å². The zero-order chi connectivity index (χ0) is 18.1. The molecule has 0 aromatic heterocycles. The summed E-state index contributed by atoms with van der Waals surface area (Å²) in [6.07, 6.45) is 0. The van der Waals surface area contributed by atoms with E-state index in [4.69, 9.17) is 9.47 Å². The highest BCUT2D eigenvalue weighted by Gasteiger charge is 2.37. The van der Waals surface area contributed by atoms with E-state index in [1.807, 2.05) is 0 Å². The predicted octanol–water partition coefficient (Wildman–Crippen LogP) is 1.93. The second kappa shape index (κ2) is 6.86. The monoisotopic (exact) mass is 378 g/mol. The lowest BCUT2D eigenvalue weighted by Gasteiger charge is -2.36. The Kier molecular flexibility index (Phi) is 4.56. The van der Waals surface area contributed by atoms with E-state index in [1.165, 1.54) is 22.5 Å². The summed E-state index contributed by atoms with van der Waals surface area (Å²) in [5, 5.41) is 3.18. The maximum atomic E-state index is 13.7. The number of hydrogen-bond acceptors (Lipinski definition) is 5. The third kappa shape index (κ3) is 3.04. The molecular formula is C18H19FN2O4S. The number of rotatable bonds is 3. The summed E-state index contributed by atoms with van der Waals surface area (Å²) in [6.45, 7) is 1.91. The van der Waals surface area contributed by atoms with Gasteiger partial charge in [-0.05, 0) is 29.8 Å². The van der Waals surface area contributed by atoms with E-state index in [2.05, 4.69) is 5.32 Å². The standard InChI is InChI=1S/C18H19FN2O4S/c19-14-4-1-3-13(11-14)15-12-20-7-8-21(15)26(22,23)17-6-2-5-16-18(17)25-10-9-24-16/h1-6,11,15,20H,7-10,12H2. The number of ether oxygens (including phenoxy) is 2. The molecule has 1 N–H and O–H groups in total. The first-order valence-electron chi connectivity index (χ1n) is 8.44. The van der Waals surface area contributed by atoms with Crippen LogP contribution in [0.2, 0.25) is 0 Å². The quantitative estimate of drug-likeness (QED) is 0.884. The predicted molar refractivity (Wildman–Crippen MR) is 93.3 cm³/mol. The fourth-order valence-electron chi connectivity index (χ4n) is 3.35. The summed E-state index contributed by atoms with van der Waals surface area (Å²) < 4.78 is 53.0. The van der Waals surface area contributed by atoms with Gasteiger partial charge in [0.15, 0.2) is 11.5 Å². The van der Waals surface area contributed by atoms with Crippen molar-refractivity contribution in [3.63, 3.8) is 0 Å². The minimum atomic E-state index is -3.85. The summed E-state index contributed by atoms with van der Waals surface area (Å²) in [5.41, 5.74) is 0.614. The van der Waals surface area contributed by atoms with Crippen LogP contribution in [0.5, 0.6) is 11.5 Å². The number of sulfonamides is 1. The molecule has 1 unspecified atom stereocenters. The Hall–Kier alpha value is -2.16. The lowest BCUT2D eigenvalue weighted by molar-refractivity contribution is 0.166. The average Bonchev–Trinajstić information content (AvgIpc) is 2.67. The van der Waals surface area contributed by atoms with Crippen molar-refractivity contribution in [2.75, 3.05) is 32.8 Å². The lowest BCUT2D eigenvalue weighted by atomic mass is 10.1. The summed E-state index contributed by atoms with van der Waals surface area (Å²) in [4.78, 5) is 0.0815. The molecule has 8 heteroatoms. The fraction of sp³-hybridized carbons (Fsp3) is 0.333. The molecule has 0 amide bonds. The molecule has 4 rings (SSSR count). The highest BCUT2D eigenvalue weighted by Crippen LogP contribution is 2.39. The van der Waals surface area contributed by atoms with E-state index >= 15 is 0 Å².